The third-order valence-electron chi connectivity index (χ3n) is 7.11. The lowest BCUT2D eigenvalue weighted by molar-refractivity contribution is -0.164. The summed E-state index contributed by atoms with van der Waals surface area (Å²) < 4.78 is 45.7. The van der Waals surface area contributed by atoms with Crippen molar-refractivity contribution >= 4 is 46.6 Å². The lowest BCUT2D eigenvalue weighted by atomic mass is 9.74. The average molecular weight is 643 g/mol. The molecule has 1 fully saturated rings. The Bertz CT molecular complexity index is 1400. The Balaban J connectivity index is 1.59. The zero-order valence-electron chi connectivity index (χ0n) is 23.5. The van der Waals surface area contributed by atoms with Crippen LogP contribution in [0.15, 0.2) is 47.7 Å². The first-order chi connectivity index (χ1) is 20.1. The highest BCUT2D eigenvalue weighted by Crippen LogP contribution is 2.39. The van der Waals surface area contributed by atoms with Crippen LogP contribution in [-0.2, 0) is 32.1 Å². The molecular weight excluding hydrogens is 612 g/mol. The molecule has 2 aliphatic heterocycles. The maximum Gasteiger partial charge on any atom is 0.408 e. The molecule has 0 unspecified atom stereocenters. The standard InChI is InChI=1S/C28H31Cl2F3N6O4/c1-26(2,34)24(41)36-21(14-43-13-17-6-7-18(29)11-20(17)30)23(40)38-10-8-22-27(15-38,12-19-5-3-4-9-35-19)25(42)39(37-22)16-28(31,32)33/h3-7,9,11,21H,8,10,12-16,34H2,1-2H3,(H,36,41)/t21-,27+/m1/s1. The van der Waals surface area contributed by atoms with Gasteiger partial charge in [0.1, 0.15) is 18.0 Å². The maximum atomic E-state index is 13.9. The minimum absolute atomic E-state index is 0.00697. The third-order valence-corrected chi connectivity index (χ3v) is 7.70. The number of pyridine rings is 1. The van der Waals surface area contributed by atoms with Gasteiger partial charge in [-0.25, -0.2) is 5.01 Å². The predicted octanol–water partition coefficient (Wildman–Crippen LogP) is 3.35. The van der Waals surface area contributed by atoms with Crippen LogP contribution in [0.25, 0.3) is 0 Å². The number of nitrogens with zero attached hydrogens (tertiary/aromatic N) is 4. The first-order valence-electron chi connectivity index (χ1n) is 13.4. The van der Waals surface area contributed by atoms with Gasteiger partial charge in [0.05, 0.1) is 24.5 Å². The van der Waals surface area contributed by atoms with Gasteiger partial charge < -0.3 is 20.7 Å². The molecule has 4 rings (SSSR count). The van der Waals surface area contributed by atoms with Gasteiger partial charge in [-0.3, -0.25) is 19.4 Å². The minimum Gasteiger partial charge on any atom is -0.374 e. The van der Waals surface area contributed by atoms with Crippen molar-refractivity contribution in [1.29, 1.82) is 0 Å². The summed E-state index contributed by atoms with van der Waals surface area (Å²) in [6.07, 6.45) is -3.19. The number of alkyl halides is 3. The molecule has 2 aromatic rings. The van der Waals surface area contributed by atoms with E-state index in [1.54, 1.807) is 30.3 Å². The van der Waals surface area contributed by atoms with Crippen LogP contribution >= 0.6 is 23.2 Å². The molecule has 3 amide bonds. The van der Waals surface area contributed by atoms with Crippen molar-refractivity contribution in [2.45, 2.75) is 51.1 Å². The molecule has 0 bridgehead atoms. The molecule has 1 saturated heterocycles. The van der Waals surface area contributed by atoms with Gasteiger partial charge in [0.25, 0.3) is 5.91 Å². The molecule has 1 aromatic heterocycles. The molecule has 43 heavy (non-hydrogen) atoms. The molecule has 2 atom stereocenters. The number of fused-ring (bicyclic) bond motifs is 1. The normalized spacial score (nSPS) is 19.6. The Morgan fingerprint density at radius 1 is 1.21 bits per heavy atom. The highest BCUT2D eigenvalue weighted by molar-refractivity contribution is 6.35. The SMILES string of the molecule is CC(C)(N)C(=O)N[C@H](COCc1ccc(Cl)cc1Cl)C(=O)N1CCC2=NN(CC(F)(F)F)C(=O)[C@@]2(Cc2ccccn2)C1. The van der Waals surface area contributed by atoms with Crippen molar-refractivity contribution in [3.05, 3.63) is 63.9 Å². The van der Waals surface area contributed by atoms with Crippen molar-refractivity contribution in [2.24, 2.45) is 16.3 Å². The fraction of sp³-hybridized carbons (Fsp3) is 0.464. The summed E-state index contributed by atoms with van der Waals surface area (Å²) in [5.41, 5.74) is 4.34. The van der Waals surface area contributed by atoms with Gasteiger partial charge >= 0.3 is 6.18 Å². The molecule has 0 aliphatic carbocycles. The van der Waals surface area contributed by atoms with Crippen LogP contribution in [0.1, 0.15) is 31.5 Å². The van der Waals surface area contributed by atoms with Gasteiger partial charge in [-0.2, -0.15) is 18.3 Å². The number of piperidine rings is 1. The van der Waals surface area contributed by atoms with Crippen LogP contribution in [0, 0.1) is 5.41 Å². The number of hydrazone groups is 1. The molecule has 10 nitrogen and oxygen atoms in total. The summed E-state index contributed by atoms with van der Waals surface area (Å²) in [6, 6.07) is 8.61. The molecule has 0 spiro atoms. The molecule has 1 aromatic carbocycles. The first kappa shape index (κ1) is 32.6. The Kier molecular flexibility index (Phi) is 9.69. The molecule has 2 aliphatic rings. The number of rotatable bonds is 10. The zero-order chi connectivity index (χ0) is 31.6. The number of nitrogens with one attached hydrogen (secondary N) is 1. The Labute approximate surface area is 256 Å². The van der Waals surface area contributed by atoms with Crippen molar-refractivity contribution in [1.82, 2.24) is 20.2 Å². The summed E-state index contributed by atoms with van der Waals surface area (Å²) in [6.45, 7) is 0.877. The van der Waals surface area contributed by atoms with Crippen LogP contribution in [0.5, 0.6) is 0 Å². The van der Waals surface area contributed by atoms with E-state index in [1.807, 2.05) is 0 Å². The number of carbonyl (C=O) groups excluding carboxylic acids is 3. The highest BCUT2D eigenvalue weighted by Gasteiger charge is 2.56. The number of aromatic nitrogens is 1. The van der Waals surface area contributed by atoms with Crippen molar-refractivity contribution in [3.8, 4) is 0 Å². The van der Waals surface area contributed by atoms with E-state index in [-0.39, 0.29) is 44.9 Å². The van der Waals surface area contributed by atoms with Crippen molar-refractivity contribution in [3.63, 3.8) is 0 Å². The van der Waals surface area contributed by atoms with E-state index in [0.717, 1.165) is 0 Å². The topological polar surface area (TPSA) is 130 Å². The number of likely N-dealkylation sites (tertiary alicyclic amines) is 1. The molecular formula is C28H31Cl2F3N6O4. The summed E-state index contributed by atoms with van der Waals surface area (Å²) >= 11 is 12.2. The number of hydrogen-bond donors (Lipinski definition) is 2. The summed E-state index contributed by atoms with van der Waals surface area (Å²) in [5, 5.41) is 7.86. The Morgan fingerprint density at radius 3 is 2.58 bits per heavy atom. The number of hydrogen-bond acceptors (Lipinski definition) is 7. The maximum absolute atomic E-state index is 13.9. The fourth-order valence-electron chi connectivity index (χ4n) is 4.93. The van der Waals surface area contributed by atoms with Gasteiger partial charge in [-0.15, -0.1) is 0 Å². The van der Waals surface area contributed by atoms with E-state index in [9.17, 15) is 27.6 Å². The number of carbonyl (C=O) groups is 3. The summed E-state index contributed by atoms with van der Waals surface area (Å²) in [7, 11) is 0. The van der Waals surface area contributed by atoms with Gasteiger partial charge in [0.2, 0.25) is 11.8 Å². The second-order valence-electron chi connectivity index (χ2n) is 11.1. The smallest absolute Gasteiger partial charge is 0.374 e. The van der Waals surface area contributed by atoms with Crippen molar-refractivity contribution in [2.75, 3.05) is 26.2 Å². The quantitative estimate of drug-likeness (QED) is 0.409. The number of amides is 3. The van der Waals surface area contributed by atoms with Gasteiger partial charge in [0.15, 0.2) is 0 Å². The summed E-state index contributed by atoms with van der Waals surface area (Å²) in [4.78, 5) is 45.9. The molecule has 3 N–H and O–H groups in total. The van der Waals surface area contributed by atoms with Gasteiger partial charge in [-0.05, 0) is 43.7 Å². The average Bonchev–Trinajstić information content (AvgIpc) is 3.17. The van der Waals surface area contributed by atoms with Crippen LogP contribution in [-0.4, -0.2) is 82.3 Å². The second-order valence-corrected chi connectivity index (χ2v) is 12.0. The summed E-state index contributed by atoms with van der Waals surface area (Å²) in [5.74, 6) is -2.10. The van der Waals surface area contributed by atoms with Gasteiger partial charge in [0, 0.05) is 47.9 Å². The predicted molar refractivity (Wildman–Crippen MR) is 153 cm³/mol. The largest absolute Gasteiger partial charge is 0.408 e. The Morgan fingerprint density at radius 2 is 1.95 bits per heavy atom. The minimum atomic E-state index is -4.68. The number of ether oxygens (including phenoxy) is 1. The second kappa shape index (κ2) is 12.8. The fourth-order valence-corrected chi connectivity index (χ4v) is 5.39. The number of nitrogens with two attached hydrogens (primary N) is 1. The van der Waals surface area contributed by atoms with Crippen molar-refractivity contribution < 1.29 is 32.3 Å². The van der Waals surface area contributed by atoms with E-state index in [0.29, 0.717) is 26.3 Å². The Hall–Kier alpha value is -3.26. The number of halogens is 5. The van der Waals surface area contributed by atoms with Crippen LogP contribution in [0.3, 0.4) is 0 Å². The molecule has 15 heteroatoms. The van der Waals surface area contributed by atoms with E-state index < -0.39 is 47.4 Å². The van der Waals surface area contributed by atoms with E-state index in [1.165, 1.54) is 31.0 Å². The third kappa shape index (κ3) is 7.83. The molecule has 3 heterocycles. The first-order valence-corrected chi connectivity index (χ1v) is 14.1. The zero-order valence-corrected chi connectivity index (χ0v) is 25.0. The molecule has 0 saturated carbocycles. The molecule has 0 radical (unpaired) electrons. The number of benzene rings is 1. The lowest BCUT2D eigenvalue weighted by Gasteiger charge is -2.40. The van der Waals surface area contributed by atoms with E-state index in [2.05, 4.69) is 15.4 Å². The van der Waals surface area contributed by atoms with Crippen LogP contribution < -0.4 is 11.1 Å². The van der Waals surface area contributed by atoms with E-state index >= 15 is 0 Å². The highest BCUT2D eigenvalue weighted by atomic mass is 35.5. The molecule has 232 valence electrons. The lowest BCUT2D eigenvalue weighted by Crippen LogP contribution is -2.62. The van der Waals surface area contributed by atoms with E-state index in [4.69, 9.17) is 33.7 Å². The monoisotopic (exact) mass is 642 g/mol. The van der Waals surface area contributed by atoms with Crippen LogP contribution in [0.4, 0.5) is 13.2 Å². The van der Waals surface area contributed by atoms with Gasteiger partial charge in [-0.1, -0.05) is 35.3 Å². The van der Waals surface area contributed by atoms with Crippen LogP contribution in [0.2, 0.25) is 10.0 Å².